The highest BCUT2D eigenvalue weighted by molar-refractivity contribution is 5.70. The van der Waals surface area contributed by atoms with Crippen LogP contribution in [0, 0.1) is 11.3 Å². The molecule has 19 heavy (non-hydrogen) atoms. The van der Waals surface area contributed by atoms with E-state index in [1.54, 1.807) is 31.2 Å². The zero-order chi connectivity index (χ0) is 14.3. The Hall–Kier alpha value is -2.83. The number of allylic oxidation sites excluding steroid dienone is 5. The Kier molecular flexibility index (Phi) is 5.09. The van der Waals surface area contributed by atoms with Crippen molar-refractivity contribution in [2.75, 3.05) is 0 Å². The molecule has 0 bridgehead atoms. The van der Waals surface area contributed by atoms with E-state index in [0.29, 0.717) is 5.56 Å². The van der Waals surface area contributed by atoms with E-state index in [9.17, 15) is 4.39 Å². The van der Waals surface area contributed by atoms with Crippen molar-refractivity contribution in [1.82, 2.24) is 0 Å². The molecule has 0 fully saturated rings. The van der Waals surface area contributed by atoms with Gasteiger partial charge in [-0.25, -0.2) is 4.39 Å². The summed E-state index contributed by atoms with van der Waals surface area (Å²) in [6, 6.07) is 6.79. The molecule has 0 spiro atoms. The van der Waals surface area contributed by atoms with Crippen LogP contribution in [0.15, 0.2) is 53.9 Å². The SMILES string of the molecule is C=C/C(F)=C\C=C(/C)c1ccc(C#N)c(N=[N+]=[N-])c1. The lowest BCUT2D eigenvalue weighted by Gasteiger charge is -2.03. The first-order valence-electron chi connectivity index (χ1n) is 5.38. The molecule has 94 valence electrons. The molecule has 0 radical (unpaired) electrons. The van der Waals surface area contributed by atoms with Crippen molar-refractivity contribution in [3.8, 4) is 6.07 Å². The van der Waals surface area contributed by atoms with Gasteiger partial charge in [0.2, 0.25) is 0 Å². The minimum atomic E-state index is -0.441. The van der Waals surface area contributed by atoms with E-state index >= 15 is 0 Å². The molecule has 1 aromatic rings. The summed E-state index contributed by atoms with van der Waals surface area (Å²) < 4.78 is 12.9. The van der Waals surface area contributed by atoms with Crippen LogP contribution < -0.4 is 0 Å². The Morgan fingerprint density at radius 1 is 1.53 bits per heavy atom. The Morgan fingerprint density at radius 2 is 2.26 bits per heavy atom. The van der Waals surface area contributed by atoms with Crippen molar-refractivity contribution in [2.45, 2.75) is 6.92 Å². The van der Waals surface area contributed by atoms with Gasteiger partial charge in [-0.1, -0.05) is 23.8 Å². The summed E-state index contributed by atoms with van der Waals surface area (Å²) in [4.78, 5) is 2.67. The zero-order valence-electron chi connectivity index (χ0n) is 10.3. The summed E-state index contributed by atoms with van der Waals surface area (Å²) in [7, 11) is 0. The van der Waals surface area contributed by atoms with E-state index in [1.807, 2.05) is 6.07 Å². The summed E-state index contributed by atoms with van der Waals surface area (Å²) in [5.41, 5.74) is 10.5. The standard InChI is InChI=1S/C14H11FN4/c1-3-13(15)7-4-10(2)11-5-6-12(9-16)14(8-11)18-19-17/h3-8H,1H2,2H3/b10-4+,13-7+. The molecule has 0 saturated heterocycles. The van der Waals surface area contributed by atoms with Gasteiger partial charge in [-0.15, -0.1) is 0 Å². The topological polar surface area (TPSA) is 72.5 Å². The molecule has 0 amide bonds. The first kappa shape index (κ1) is 14.2. The number of nitriles is 1. The van der Waals surface area contributed by atoms with Crippen molar-refractivity contribution in [2.24, 2.45) is 5.11 Å². The molecular weight excluding hydrogens is 243 g/mol. The van der Waals surface area contributed by atoms with Crippen LogP contribution in [-0.2, 0) is 0 Å². The van der Waals surface area contributed by atoms with Crippen LogP contribution >= 0.6 is 0 Å². The van der Waals surface area contributed by atoms with Gasteiger partial charge < -0.3 is 0 Å². The molecule has 4 nitrogen and oxygen atoms in total. The molecule has 1 aromatic carbocycles. The molecule has 0 aliphatic rings. The number of halogens is 1. The van der Waals surface area contributed by atoms with Crippen LogP contribution in [0.2, 0.25) is 0 Å². The third-order valence-electron chi connectivity index (χ3n) is 2.41. The van der Waals surface area contributed by atoms with Gasteiger partial charge in [0.15, 0.2) is 0 Å². The normalized spacial score (nSPS) is 11.4. The third kappa shape index (κ3) is 3.84. The maximum absolute atomic E-state index is 12.9. The van der Waals surface area contributed by atoms with E-state index in [0.717, 1.165) is 17.2 Å². The fourth-order valence-electron chi connectivity index (χ4n) is 1.37. The van der Waals surface area contributed by atoms with Gasteiger partial charge in [-0.2, -0.15) is 5.26 Å². The largest absolute Gasteiger partial charge is 0.207 e. The Morgan fingerprint density at radius 3 is 2.84 bits per heavy atom. The second-order valence-corrected chi connectivity index (χ2v) is 3.64. The van der Waals surface area contributed by atoms with Crippen LogP contribution in [0.4, 0.5) is 10.1 Å². The molecule has 0 aliphatic heterocycles. The summed E-state index contributed by atoms with van der Waals surface area (Å²) in [6.45, 7) is 5.09. The summed E-state index contributed by atoms with van der Waals surface area (Å²) in [5, 5.41) is 12.3. The lowest BCUT2D eigenvalue weighted by molar-refractivity contribution is 0.668. The van der Waals surface area contributed by atoms with E-state index in [4.69, 9.17) is 10.8 Å². The van der Waals surface area contributed by atoms with Crippen molar-refractivity contribution in [1.29, 1.82) is 5.26 Å². The molecule has 0 heterocycles. The Balaban J connectivity index is 3.23. The predicted octanol–water partition coefficient (Wildman–Crippen LogP) is 4.94. The van der Waals surface area contributed by atoms with Crippen LogP contribution in [0.3, 0.4) is 0 Å². The molecule has 0 unspecified atom stereocenters. The van der Waals surface area contributed by atoms with Gasteiger partial charge in [0, 0.05) is 4.91 Å². The number of nitrogens with zero attached hydrogens (tertiary/aromatic N) is 4. The second-order valence-electron chi connectivity index (χ2n) is 3.64. The predicted molar refractivity (Wildman–Crippen MR) is 73.0 cm³/mol. The highest BCUT2D eigenvalue weighted by Gasteiger charge is 2.02. The smallest absolute Gasteiger partial charge is 0.122 e. The summed E-state index contributed by atoms with van der Waals surface area (Å²) in [6.07, 6.45) is 3.97. The molecule has 1 rings (SSSR count). The lowest BCUT2D eigenvalue weighted by Crippen LogP contribution is -1.82. The van der Waals surface area contributed by atoms with Gasteiger partial charge in [0.25, 0.3) is 0 Å². The second kappa shape index (κ2) is 6.80. The summed E-state index contributed by atoms with van der Waals surface area (Å²) >= 11 is 0. The first-order valence-corrected chi connectivity index (χ1v) is 5.38. The minimum absolute atomic E-state index is 0.253. The van der Waals surface area contributed by atoms with Gasteiger partial charge in [0.05, 0.1) is 17.3 Å². The monoisotopic (exact) mass is 254 g/mol. The highest BCUT2D eigenvalue weighted by Crippen LogP contribution is 2.24. The van der Waals surface area contributed by atoms with Crippen molar-refractivity contribution in [3.05, 3.63) is 70.4 Å². The number of hydrogen-bond acceptors (Lipinski definition) is 2. The quantitative estimate of drug-likeness (QED) is 0.324. The van der Waals surface area contributed by atoms with Crippen molar-refractivity contribution < 1.29 is 4.39 Å². The number of hydrogen-bond donors (Lipinski definition) is 0. The molecule has 0 atom stereocenters. The molecule has 0 saturated carbocycles. The molecular formula is C14H11FN4. The number of azide groups is 1. The van der Waals surface area contributed by atoms with Crippen molar-refractivity contribution in [3.63, 3.8) is 0 Å². The van der Waals surface area contributed by atoms with E-state index < -0.39 is 5.83 Å². The number of benzene rings is 1. The van der Waals surface area contributed by atoms with Crippen molar-refractivity contribution >= 4 is 11.3 Å². The van der Waals surface area contributed by atoms with E-state index in [2.05, 4.69) is 16.6 Å². The van der Waals surface area contributed by atoms with Gasteiger partial charge >= 0.3 is 0 Å². The maximum atomic E-state index is 12.9. The van der Waals surface area contributed by atoms with E-state index in [1.165, 1.54) is 6.08 Å². The molecule has 0 aromatic heterocycles. The summed E-state index contributed by atoms with van der Waals surface area (Å²) in [5.74, 6) is -0.441. The van der Waals surface area contributed by atoms with Crippen LogP contribution in [0.1, 0.15) is 18.1 Å². The van der Waals surface area contributed by atoms with Gasteiger partial charge in [-0.05, 0) is 47.9 Å². The third-order valence-corrected chi connectivity index (χ3v) is 2.41. The first-order chi connectivity index (χ1) is 9.12. The molecule has 0 aliphatic carbocycles. The van der Waals surface area contributed by atoms with Gasteiger partial charge in [-0.3, -0.25) is 0 Å². The number of rotatable bonds is 4. The average molecular weight is 254 g/mol. The molecule has 5 heteroatoms. The van der Waals surface area contributed by atoms with Gasteiger partial charge in [0.1, 0.15) is 5.83 Å². The maximum Gasteiger partial charge on any atom is 0.122 e. The van der Waals surface area contributed by atoms with E-state index in [-0.39, 0.29) is 5.69 Å². The fourth-order valence-corrected chi connectivity index (χ4v) is 1.37. The minimum Gasteiger partial charge on any atom is -0.207 e. The lowest BCUT2D eigenvalue weighted by atomic mass is 10.0. The van der Waals surface area contributed by atoms with Crippen LogP contribution in [0.5, 0.6) is 0 Å². The zero-order valence-corrected chi connectivity index (χ0v) is 10.3. The van der Waals surface area contributed by atoms with Crippen LogP contribution in [-0.4, -0.2) is 0 Å². The highest BCUT2D eigenvalue weighted by atomic mass is 19.1. The molecule has 0 N–H and O–H groups in total. The van der Waals surface area contributed by atoms with Crippen LogP contribution in [0.25, 0.3) is 16.0 Å². The fraction of sp³-hybridized carbons (Fsp3) is 0.0714. The Labute approximate surface area is 110 Å². The Bertz CT molecular complexity index is 644. The average Bonchev–Trinajstić information content (AvgIpc) is 2.44.